The molecule has 0 amide bonds. The second-order valence-corrected chi connectivity index (χ2v) is 3.10. The predicted molar refractivity (Wildman–Crippen MR) is 42.1 cm³/mol. The van der Waals surface area contributed by atoms with Gasteiger partial charge in [0.15, 0.2) is 0 Å². The Morgan fingerprint density at radius 3 is 2.50 bits per heavy atom. The van der Waals surface area contributed by atoms with Gasteiger partial charge in [-0.3, -0.25) is 0 Å². The minimum atomic E-state index is 0.351. The third-order valence-electron chi connectivity index (χ3n) is 2.28. The molecule has 0 atom stereocenters. The van der Waals surface area contributed by atoms with Crippen LogP contribution in [-0.2, 0) is 4.74 Å². The van der Waals surface area contributed by atoms with Gasteiger partial charge in [0.05, 0.1) is 6.61 Å². The number of methoxy groups -OCH3 is 1. The molecule has 0 saturated heterocycles. The van der Waals surface area contributed by atoms with Crippen LogP contribution in [0.2, 0.25) is 0 Å². The van der Waals surface area contributed by atoms with Crippen molar-refractivity contribution in [2.24, 2.45) is 0 Å². The number of rotatable bonds is 4. The molecule has 1 aliphatic rings. The lowest BCUT2D eigenvalue weighted by atomic mass is 9.77. The van der Waals surface area contributed by atoms with Gasteiger partial charge in [-0.25, -0.2) is 0 Å². The molecule has 0 radical (unpaired) electrons. The Morgan fingerprint density at radius 1 is 1.50 bits per heavy atom. The van der Waals surface area contributed by atoms with Gasteiger partial charge in [0.2, 0.25) is 0 Å². The van der Waals surface area contributed by atoms with Gasteiger partial charge in [-0.15, -0.1) is 0 Å². The molecule has 60 valence electrons. The average molecular weight is 143 g/mol. The summed E-state index contributed by atoms with van der Waals surface area (Å²) < 4.78 is 5.14. The second kappa shape index (κ2) is 3.35. The average Bonchev–Trinajstić information content (AvgIpc) is 1.84. The molecule has 0 aliphatic heterocycles. The van der Waals surface area contributed by atoms with Crippen LogP contribution in [0.5, 0.6) is 0 Å². The first-order valence-corrected chi connectivity index (χ1v) is 4.07. The smallest absolute Gasteiger partial charge is 0.0644 e. The van der Waals surface area contributed by atoms with Crippen molar-refractivity contribution in [1.82, 2.24) is 5.32 Å². The van der Waals surface area contributed by atoms with Crippen molar-refractivity contribution >= 4 is 0 Å². The van der Waals surface area contributed by atoms with Crippen LogP contribution in [-0.4, -0.2) is 25.8 Å². The normalized spacial score (nSPS) is 22.2. The predicted octanol–water partition coefficient (Wildman–Crippen LogP) is 1.16. The molecule has 1 N–H and O–H groups in total. The van der Waals surface area contributed by atoms with Crippen molar-refractivity contribution in [2.75, 3.05) is 20.3 Å². The number of likely N-dealkylation sites (N-methyl/N-ethyl adjacent to an activating group) is 1. The maximum atomic E-state index is 5.14. The van der Waals surface area contributed by atoms with Crippen molar-refractivity contribution in [2.45, 2.75) is 31.7 Å². The third-order valence-corrected chi connectivity index (χ3v) is 2.28. The number of hydrogen-bond donors (Lipinski definition) is 1. The van der Waals surface area contributed by atoms with E-state index >= 15 is 0 Å². The summed E-state index contributed by atoms with van der Waals surface area (Å²) in [6, 6.07) is 0. The molecule has 0 aromatic heterocycles. The van der Waals surface area contributed by atoms with Crippen LogP contribution in [0.1, 0.15) is 26.2 Å². The first-order chi connectivity index (χ1) is 4.83. The van der Waals surface area contributed by atoms with Gasteiger partial charge in [-0.1, -0.05) is 6.92 Å². The SMILES string of the molecule is CCNC1(COC)CCC1. The molecule has 0 bridgehead atoms. The maximum absolute atomic E-state index is 5.14. The van der Waals surface area contributed by atoms with E-state index in [9.17, 15) is 0 Å². The summed E-state index contributed by atoms with van der Waals surface area (Å²) in [6.45, 7) is 4.08. The van der Waals surface area contributed by atoms with E-state index in [0.29, 0.717) is 5.54 Å². The number of nitrogens with one attached hydrogen (secondary N) is 1. The molecule has 1 saturated carbocycles. The Labute approximate surface area is 63.0 Å². The molecular weight excluding hydrogens is 126 g/mol. The highest BCUT2D eigenvalue weighted by atomic mass is 16.5. The van der Waals surface area contributed by atoms with Crippen molar-refractivity contribution < 1.29 is 4.74 Å². The highest BCUT2D eigenvalue weighted by Gasteiger charge is 2.35. The third kappa shape index (κ3) is 1.50. The largest absolute Gasteiger partial charge is 0.383 e. The van der Waals surface area contributed by atoms with Crippen LogP contribution < -0.4 is 5.32 Å². The van der Waals surface area contributed by atoms with E-state index in [1.807, 2.05) is 0 Å². The Morgan fingerprint density at radius 2 is 2.20 bits per heavy atom. The molecule has 2 nitrogen and oxygen atoms in total. The van der Waals surface area contributed by atoms with Gasteiger partial charge >= 0.3 is 0 Å². The Hall–Kier alpha value is -0.0800. The molecule has 0 unspecified atom stereocenters. The highest BCUT2D eigenvalue weighted by molar-refractivity contribution is 4.95. The fourth-order valence-electron chi connectivity index (χ4n) is 1.63. The Kier molecular flexibility index (Phi) is 2.69. The van der Waals surface area contributed by atoms with Crippen LogP contribution in [0.4, 0.5) is 0 Å². The summed E-state index contributed by atoms with van der Waals surface area (Å²) in [7, 11) is 1.78. The van der Waals surface area contributed by atoms with Gasteiger partial charge in [0.25, 0.3) is 0 Å². The maximum Gasteiger partial charge on any atom is 0.0644 e. The van der Waals surface area contributed by atoms with E-state index in [0.717, 1.165) is 13.2 Å². The van der Waals surface area contributed by atoms with Gasteiger partial charge in [-0.2, -0.15) is 0 Å². The first-order valence-electron chi connectivity index (χ1n) is 4.07. The van der Waals surface area contributed by atoms with Crippen molar-refractivity contribution in [1.29, 1.82) is 0 Å². The summed E-state index contributed by atoms with van der Waals surface area (Å²) in [5, 5.41) is 3.47. The zero-order chi connectivity index (χ0) is 7.45. The second-order valence-electron chi connectivity index (χ2n) is 3.10. The molecule has 1 rings (SSSR count). The molecular formula is C8H17NO. The zero-order valence-corrected chi connectivity index (χ0v) is 6.94. The minimum absolute atomic E-state index is 0.351. The van der Waals surface area contributed by atoms with Gasteiger partial charge in [-0.05, 0) is 25.8 Å². The van der Waals surface area contributed by atoms with Gasteiger partial charge in [0, 0.05) is 12.6 Å². The van der Waals surface area contributed by atoms with Crippen molar-refractivity contribution in [3.05, 3.63) is 0 Å². The highest BCUT2D eigenvalue weighted by Crippen LogP contribution is 2.31. The molecule has 1 fully saturated rings. The van der Waals surface area contributed by atoms with Gasteiger partial charge < -0.3 is 10.1 Å². The topological polar surface area (TPSA) is 21.3 Å². The van der Waals surface area contributed by atoms with Crippen molar-refractivity contribution in [3.8, 4) is 0 Å². The fraction of sp³-hybridized carbons (Fsp3) is 1.00. The standard InChI is InChI=1S/C8H17NO/c1-3-9-8(7-10-2)5-4-6-8/h9H,3-7H2,1-2H3. The number of hydrogen-bond acceptors (Lipinski definition) is 2. The monoisotopic (exact) mass is 143 g/mol. The fourth-order valence-corrected chi connectivity index (χ4v) is 1.63. The van der Waals surface area contributed by atoms with Crippen LogP contribution in [0.25, 0.3) is 0 Å². The zero-order valence-electron chi connectivity index (χ0n) is 6.94. The lowest BCUT2D eigenvalue weighted by molar-refractivity contribution is 0.0577. The molecule has 0 aromatic carbocycles. The van der Waals surface area contributed by atoms with E-state index < -0.39 is 0 Å². The van der Waals surface area contributed by atoms with Gasteiger partial charge in [0.1, 0.15) is 0 Å². The lowest BCUT2D eigenvalue weighted by Gasteiger charge is -2.42. The summed E-state index contributed by atoms with van der Waals surface area (Å²) in [6.07, 6.45) is 3.93. The first kappa shape index (κ1) is 8.02. The van der Waals surface area contributed by atoms with E-state index in [2.05, 4.69) is 12.2 Å². The van der Waals surface area contributed by atoms with E-state index in [1.165, 1.54) is 19.3 Å². The molecule has 0 spiro atoms. The summed E-state index contributed by atoms with van der Waals surface area (Å²) in [5.41, 5.74) is 0.351. The van der Waals surface area contributed by atoms with Crippen LogP contribution in [0.3, 0.4) is 0 Å². The van der Waals surface area contributed by atoms with Crippen molar-refractivity contribution in [3.63, 3.8) is 0 Å². The summed E-state index contributed by atoms with van der Waals surface area (Å²) in [5.74, 6) is 0. The van der Waals surface area contributed by atoms with Crippen LogP contribution >= 0.6 is 0 Å². The van der Waals surface area contributed by atoms with E-state index in [1.54, 1.807) is 7.11 Å². The lowest BCUT2D eigenvalue weighted by Crippen LogP contribution is -2.54. The van der Waals surface area contributed by atoms with Crippen LogP contribution in [0, 0.1) is 0 Å². The number of ether oxygens (including phenoxy) is 1. The molecule has 2 heteroatoms. The Balaban J connectivity index is 2.27. The van der Waals surface area contributed by atoms with E-state index in [-0.39, 0.29) is 0 Å². The molecule has 0 aromatic rings. The molecule has 1 aliphatic carbocycles. The molecule has 10 heavy (non-hydrogen) atoms. The summed E-state index contributed by atoms with van der Waals surface area (Å²) in [4.78, 5) is 0. The Bertz CT molecular complexity index is 91.4. The molecule has 0 heterocycles. The minimum Gasteiger partial charge on any atom is -0.383 e. The quantitative estimate of drug-likeness (QED) is 0.637. The van der Waals surface area contributed by atoms with E-state index in [4.69, 9.17) is 4.74 Å². The van der Waals surface area contributed by atoms with Crippen LogP contribution in [0.15, 0.2) is 0 Å². The summed E-state index contributed by atoms with van der Waals surface area (Å²) >= 11 is 0.